The zero-order chi connectivity index (χ0) is 17.0. The van der Waals surface area contributed by atoms with E-state index in [1.165, 1.54) is 49.2 Å². The van der Waals surface area contributed by atoms with E-state index in [9.17, 15) is 13.2 Å². The summed E-state index contributed by atoms with van der Waals surface area (Å²) in [6.07, 6.45) is 1.79. The Labute approximate surface area is 144 Å². The Hall–Kier alpha value is -1.70. The molecule has 0 atom stereocenters. The molecule has 0 heterocycles. The molecule has 0 saturated heterocycles. The number of rotatable bonds is 5. The maximum Gasteiger partial charge on any atom is 0.337 e. The predicted molar refractivity (Wildman–Crippen MR) is 91.8 cm³/mol. The normalized spacial score (nSPS) is 11.1. The van der Waals surface area contributed by atoms with Gasteiger partial charge in [-0.25, -0.2) is 13.2 Å². The van der Waals surface area contributed by atoms with E-state index in [1.54, 1.807) is 18.4 Å². The van der Waals surface area contributed by atoms with E-state index < -0.39 is 16.0 Å². The third-order valence-corrected chi connectivity index (χ3v) is 5.55. The first kappa shape index (κ1) is 17.7. The summed E-state index contributed by atoms with van der Waals surface area (Å²) in [4.78, 5) is 12.1. The van der Waals surface area contributed by atoms with Gasteiger partial charge >= 0.3 is 5.97 Å². The molecule has 2 aromatic carbocycles. The predicted octanol–water partition coefficient (Wildman–Crippen LogP) is 3.65. The molecule has 0 aliphatic rings. The van der Waals surface area contributed by atoms with Crippen LogP contribution in [-0.4, -0.2) is 27.8 Å². The molecule has 122 valence electrons. The minimum Gasteiger partial charge on any atom is -0.465 e. The molecule has 0 spiro atoms. The van der Waals surface area contributed by atoms with Gasteiger partial charge in [0.05, 0.1) is 12.7 Å². The van der Waals surface area contributed by atoms with Crippen LogP contribution in [0, 0.1) is 0 Å². The summed E-state index contributed by atoms with van der Waals surface area (Å²) in [5, 5.41) is 0.337. The topological polar surface area (TPSA) is 72.5 Å². The first-order valence-corrected chi connectivity index (χ1v) is 9.50. The van der Waals surface area contributed by atoms with Gasteiger partial charge in [0.2, 0.25) is 0 Å². The minimum atomic E-state index is -3.79. The molecule has 0 amide bonds. The third kappa shape index (κ3) is 4.19. The standard InChI is InChI=1S/C15H14ClNO4S2/c1-21-15(18)10-3-6-12(7-4-10)17-23(19,20)14-9-11(16)5-8-13(14)22-2/h3-9,17H,1-2H3. The second-order valence-electron chi connectivity index (χ2n) is 4.47. The monoisotopic (exact) mass is 371 g/mol. The molecule has 0 fully saturated rings. The minimum absolute atomic E-state index is 0.106. The van der Waals surface area contributed by atoms with Gasteiger partial charge in [0.15, 0.2) is 0 Å². The summed E-state index contributed by atoms with van der Waals surface area (Å²) in [6.45, 7) is 0. The maximum absolute atomic E-state index is 12.5. The van der Waals surface area contributed by atoms with Crippen molar-refractivity contribution < 1.29 is 17.9 Å². The summed E-state index contributed by atoms with van der Waals surface area (Å²) in [7, 11) is -2.51. The number of hydrogen-bond donors (Lipinski definition) is 1. The second-order valence-corrected chi connectivity index (χ2v) is 7.40. The Bertz CT molecular complexity index is 820. The highest BCUT2D eigenvalue weighted by Crippen LogP contribution is 2.29. The highest BCUT2D eigenvalue weighted by molar-refractivity contribution is 7.99. The van der Waals surface area contributed by atoms with Gasteiger partial charge in [-0.3, -0.25) is 4.72 Å². The fraction of sp³-hybridized carbons (Fsp3) is 0.133. The lowest BCUT2D eigenvalue weighted by Gasteiger charge is -2.12. The van der Waals surface area contributed by atoms with Gasteiger partial charge < -0.3 is 4.74 Å². The molecular formula is C15H14ClNO4S2. The van der Waals surface area contributed by atoms with Crippen LogP contribution in [0.15, 0.2) is 52.3 Å². The number of nitrogens with one attached hydrogen (secondary N) is 1. The van der Waals surface area contributed by atoms with Crippen LogP contribution in [0.1, 0.15) is 10.4 Å². The lowest BCUT2D eigenvalue weighted by Crippen LogP contribution is -2.14. The number of hydrogen-bond acceptors (Lipinski definition) is 5. The number of thioether (sulfide) groups is 1. The van der Waals surface area contributed by atoms with Gasteiger partial charge in [0.1, 0.15) is 4.90 Å². The fourth-order valence-electron chi connectivity index (χ4n) is 1.86. The molecule has 0 bridgehead atoms. The molecule has 2 aromatic rings. The van der Waals surface area contributed by atoms with Gasteiger partial charge in [0, 0.05) is 15.6 Å². The molecule has 23 heavy (non-hydrogen) atoms. The van der Waals surface area contributed by atoms with Crippen molar-refractivity contribution in [2.24, 2.45) is 0 Å². The van der Waals surface area contributed by atoms with Crippen LogP contribution in [0.2, 0.25) is 5.02 Å². The molecule has 0 aromatic heterocycles. The first-order valence-electron chi connectivity index (χ1n) is 6.42. The van der Waals surface area contributed by atoms with Crippen LogP contribution >= 0.6 is 23.4 Å². The Morgan fingerprint density at radius 1 is 1.17 bits per heavy atom. The van der Waals surface area contributed by atoms with E-state index in [1.807, 2.05) is 0 Å². The summed E-state index contributed by atoms with van der Waals surface area (Å²) < 4.78 is 32.1. The van der Waals surface area contributed by atoms with E-state index in [4.69, 9.17) is 11.6 Å². The first-order chi connectivity index (χ1) is 10.9. The molecule has 0 unspecified atom stereocenters. The van der Waals surface area contributed by atoms with Crippen LogP contribution in [0.4, 0.5) is 5.69 Å². The Morgan fingerprint density at radius 3 is 2.39 bits per heavy atom. The van der Waals surface area contributed by atoms with E-state index in [2.05, 4.69) is 9.46 Å². The van der Waals surface area contributed by atoms with Gasteiger partial charge in [-0.1, -0.05) is 11.6 Å². The summed E-state index contributed by atoms with van der Waals surface area (Å²) in [5.41, 5.74) is 0.674. The van der Waals surface area contributed by atoms with Crippen LogP contribution < -0.4 is 4.72 Å². The molecular weight excluding hydrogens is 358 g/mol. The van der Waals surface area contributed by atoms with Gasteiger partial charge in [0.25, 0.3) is 10.0 Å². The lowest BCUT2D eigenvalue weighted by atomic mass is 10.2. The summed E-state index contributed by atoms with van der Waals surface area (Å²) in [6, 6.07) is 10.6. The second kappa shape index (κ2) is 7.25. The van der Waals surface area contributed by atoms with Crippen molar-refractivity contribution in [3.63, 3.8) is 0 Å². The molecule has 2 rings (SSSR count). The molecule has 0 aliphatic heterocycles. The fourth-order valence-corrected chi connectivity index (χ4v) is 4.31. The number of esters is 1. The third-order valence-electron chi connectivity index (χ3n) is 2.97. The molecule has 5 nitrogen and oxygen atoms in total. The molecule has 1 N–H and O–H groups in total. The molecule has 0 aliphatic carbocycles. The summed E-state index contributed by atoms with van der Waals surface area (Å²) >= 11 is 7.21. The smallest absolute Gasteiger partial charge is 0.337 e. The average molecular weight is 372 g/mol. The number of carbonyl (C=O) groups excluding carboxylic acids is 1. The van der Waals surface area contributed by atoms with Crippen LogP contribution in [0.3, 0.4) is 0 Å². The maximum atomic E-state index is 12.5. The van der Waals surface area contributed by atoms with Crippen molar-refractivity contribution in [2.45, 2.75) is 9.79 Å². The van der Waals surface area contributed by atoms with Crippen LogP contribution in [-0.2, 0) is 14.8 Å². The highest BCUT2D eigenvalue weighted by atomic mass is 35.5. The number of methoxy groups -OCH3 is 1. The number of benzene rings is 2. The number of halogens is 1. The van der Waals surface area contributed by atoms with Crippen LogP contribution in [0.25, 0.3) is 0 Å². The van der Waals surface area contributed by atoms with E-state index in [0.29, 0.717) is 21.2 Å². The van der Waals surface area contributed by atoms with Crippen molar-refractivity contribution in [1.29, 1.82) is 0 Å². The Kier molecular flexibility index (Phi) is 5.56. The average Bonchev–Trinajstić information content (AvgIpc) is 2.54. The van der Waals surface area contributed by atoms with Crippen molar-refractivity contribution >= 4 is 45.0 Å². The van der Waals surface area contributed by atoms with E-state index in [0.717, 1.165) is 0 Å². The highest BCUT2D eigenvalue weighted by Gasteiger charge is 2.19. The molecule has 0 radical (unpaired) electrons. The Morgan fingerprint density at radius 2 is 1.83 bits per heavy atom. The van der Waals surface area contributed by atoms with E-state index in [-0.39, 0.29) is 4.90 Å². The van der Waals surface area contributed by atoms with Gasteiger partial charge in [-0.05, 0) is 48.7 Å². The van der Waals surface area contributed by atoms with Crippen molar-refractivity contribution in [3.05, 3.63) is 53.1 Å². The van der Waals surface area contributed by atoms with E-state index >= 15 is 0 Å². The molecule has 8 heteroatoms. The summed E-state index contributed by atoms with van der Waals surface area (Å²) in [5.74, 6) is -0.487. The number of carbonyl (C=O) groups is 1. The van der Waals surface area contributed by atoms with Crippen LogP contribution in [0.5, 0.6) is 0 Å². The van der Waals surface area contributed by atoms with Crippen molar-refractivity contribution in [2.75, 3.05) is 18.1 Å². The zero-order valence-corrected chi connectivity index (χ0v) is 14.8. The van der Waals surface area contributed by atoms with Gasteiger partial charge in [-0.2, -0.15) is 0 Å². The largest absolute Gasteiger partial charge is 0.465 e. The SMILES string of the molecule is COC(=O)c1ccc(NS(=O)(=O)c2cc(Cl)ccc2SC)cc1. The zero-order valence-electron chi connectivity index (χ0n) is 12.4. The number of ether oxygens (including phenoxy) is 1. The van der Waals surface area contributed by atoms with Gasteiger partial charge in [-0.15, -0.1) is 11.8 Å². The quantitative estimate of drug-likeness (QED) is 0.641. The van der Waals surface area contributed by atoms with Crippen molar-refractivity contribution in [3.8, 4) is 0 Å². The number of sulfonamides is 1. The Balaban J connectivity index is 2.31. The number of anilines is 1. The van der Waals surface area contributed by atoms with Crippen molar-refractivity contribution in [1.82, 2.24) is 0 Å². The lowest BCUT2D eigenvalue weighted by molar-refractivity contribution is 0.0601. The molecule has 0 saturated carbocycles.